The van der Waals surface area contributed by atoms with Crippen molar-refractivity contribution < 1.29 is 0 Å². The van der Waals surface area contributed by atoms with Crippen LogP contribution in [-0.4, -0.2) is 12.3 Å². The third-order valence-corrected chi connectivity index (χ3v) is 5.89. The highest BCUT2D eigenvalue weighted by Crippen LogP contribution is 2.38. The summed E-state index contributed by atoms with van der Waals surface area (Å²) >= 11 is 0. The molecule has 0 amide bonds. The average Bonchev–Trinajstić information content (AvgIpc) is 2.16. The van der Waals surface area contributed by atoms with Gasteiger partial charge in [-0.1, -0.05) is 62.5 Å². The zero-order valence-electron chi connectivity index (χ0n) is 9.36. The Bertz CT molecular complexity index is 74.2. The van der Waals surface area contributed by atoms with Gasteiger partial charge >= 0.3 is 0 Å². The van der Waals surface area contributed by atoms with Crippen LogP contribution in [0.15, 0.2) is 0 Å². The molecule has 0 aliphatic carbocycles. The van der Waals surface area contributed by atoms with Crippen LogP contribution < -0.4 is 0 Å². The standard InChI is InChI=1S/C11H26P2/c1-3-5-7-9-11-13-12-10-8-6-4-2/h12-13H,3-11H2,1-2H3. The summed E-state index contributed by atoms with van der Waals surface area (Å²) in [5, 5.41) is 0. The van der Waals surface area contributed by atoms with Crippen LogP contribution in [0.2, 0.25) is 0 Å². The summed E-state index contributed by atoms with van der Waals surface area (Å²) in [6, 6.07) is 0. The van der Waals surface area contributed by atoms with E-state index in [1.807, 2.05) is 0 Å². The monoisotopic (exact) mass is 220 g/mol. The summed E-state index contributed by atoms with van der Waals surface area (Å²) in [6.07, 6.45) is 13.1. The topological polar surface area (TPSA) is 0 Å². The van der Waals surface area contributed by atoms with Crippen LogP contribution >= 0.6 is 16.5 Å². The van der Waals surface area contributed by atoms with Crippen molar-refractivity contribution in [1.29, 1.82) is 0 Å². The highest BCUT2D eigenvalue weighted by atomic mass is 32.0. The first kappa shape index (κ1) is 13.9. The Morgan fingerprint density at radius 2 is 1.08 bits per heavy atom. The maximum absolute atomic E-state index is 2.29. The van der Waals surface area contributed by atoms with Crippen LogP contribution in [0.25, 0.3) is 0 Å². The first-order valence-corrected chi connectivity index (χ1v) is 9.29. The van der Waals surface area contributed by atoms with Crippen LogP contribution in [0.5, 0.6) is 0 Å². The molecule has 0 saturated carbocycles. The van der Waals surface area contributed by atoms with E-state index in [0.717, 1.165) is 0 Å². The number of hydrogen-bond donors (Lipinski definition) is 0. The normalized spacial score (nSPS) is 12.5. The van der Waals surface area contributed by atoms with Gasteiger partial charge in [0.25, 0.3) is 0 Å². The van der Waals surface area contributed by atoms with Gasteiger partial charge in [0.15, 0.2) is 0 Å². The Labute approximate surface area is 88.1 Å². The molecule has 0 bridgehead atoms. The van der Waals surface area contributed by atoms with E-state index >= 15 is 0 Å². The van der Waals surface area contributed by atoms with Gasteiger partial charge < -0.3 is 0 Å². The first-order valence-electron chi connectivity index (χ1n) is 5.87. The predicted octanol–water partition coefficient (Wildman–Crippen LogP) is 5.03. The number of hydrogen-bond acceptors (Lipinski definition) is 0. The fourth-order valence-electron chi connectivity index (χ4n) is 1.28. The van der Waals surface area contributed by atoms with Crippen molar-refractivity contribution in [2.75, 3.05) is 12.3 Å². The molecular weight excluding hydrogens is 194 g/mol. The van der Waals surface area contributed by atoms with Gasteiger partial charge in [0.05, 0.1) is 0 Å². The molecule has 2 atom stereocenters. The summed E-state index contributed by atoms with van der Waals surface area (Å²) in [5.41, 5.74) is 0. The average molecular weight is 220 g/mol. The van der Waals surface area contributed by atoms with E-state index in [0.29, 0.717) is 0 Å². The smallest absolute Gasteiger partial charge is 0.0317 e. The summed E-state index contributed by atoms with van der Waals surface area (Å²) in [7, 11) is 2.56. The molecule has 13 heavy (non-hydrogen) atoms. The zero-order chi connectivity index (χ0) is 9.78. The molecule has 80 valence electrons. The minimum absolute atomic E-state index is 1.28. The molecule has 0 heterocycles. The van der Waals surface area contributed by atoms with E-state index in [4.69, 9.17) is 0 Å². The lowest BCUT2D eigenvalue weighted by atomic mass is 10.2. The molecule has 0 aromatic rings. The van der Waals surface area contributed by atoms with Gasteiger partial charge in [-0.3, -0.25) is 0 Å². The molecule has 0 aliphatic rings. The molecule has 0 N–H and O–H groups in total. The van der Waals surface area contributed by atoms with E-state index < -0.39 is 0 Å². The Morgan fingerprint density at radius 1 is 0.615 bits per heavy atom. The Morgan fingerprint density at radius 3 is 1.62 bits per heavy atom. The summed E-state index contributed by atoms with van der Waals surface area (Å²) in [4.78, 5) is 0. The minimum atomic E-state index is 1.28. The molecule has 0 nitrogen and oxygen atoms in total. The van der Waals surface area contributed by atoms with Gasteiger partial charge in [0.2, 0.25) is 0 Å². The molecule has 0 aromatic heterocycles. The lowest BCUT2D eigenvalue weighted by molar-refractivity contribution is 0.706. The predicted molar refractivity (Wildman–Crippen MR) is 70.0 cm³/mol. The van der Waals surface area contributed by atoms with Crippen molar-refractivity contribution in [1.82, 2.24) is 0 Å². The molecule has 0 rings (SSSR count). The third kappa shape index (κ3) is 12.9. The van der Waals surface area contributed by atoms with Gasteiger partial charge in [0.1, 0.15) is 0 Å². The summed E-state index contributed by atoms with van der Waals surface area (Å²) in [6.45, 7) is 4.57. The fraction of sp³-hybridized carbons (Fsp3) is 1.00. The Hall–Kier alpha value is 0.860. The van der Waals surface area contributed by atoms with E-state index in [1.54, 1.807) is 0 Å². The molecular formula is C11H26P2. The molecule has 0 aromatic carbocycles. The fourth-order valence-corrected chi connectivity index (χ4v) is 4.61. The van der Waals surface area contributed by atoms with E-state index in [2.05, 4.69) is 13.8 Å². The van der Waals surface area contributed by atoms with Crippen LogP contribution in [0.4, 0.5) is 0 Å². The lowest BCUT2D eigenvalue weighted by Crippen LogP contribution is -1.78. The highest BCUT2D eigenvalue weighted by molar-refractivity contribution is 8.11. The molecule has 2 heteroatoms. The van der Waals surface area contributed by atoms with Crippen LogP contribution in [0.3, 0.4) is 0 Å². The molecule has 0 fully saturated rings. The molecule has 0 radical (unpaired) electrons. The summed E-state index contributed by atoms with van der Waals surface area (Å²) < 4.78 is 0. The van der Waals surface area contributed by atoms with E-state index in [1.165, 1.54) is 73.8 Å². The maximum Gasteiger partial charge on any atom is -0.0317 e. The highest BCUT2D eigenvalue weighted by Gasteiger charge is 1.90. The van der Waals surface area contributed by atoms with Gasteiger partial charge in [-0.25, -0.2) is 0 Å². The van der Waals surface area contributed by atoms with Gasteiger partial charge in [0, 0.05) is 0 Å². The lowest BCUT2D eigenvalue weighted by Gasteiger charge is -2.01. The Balaban J connectivity index is 2.76. The zero-order valence-corrected chi connectivity index (χ0v) is 11.4. The first-order chi connectivity index (χ1) is 6.41. The van der Waals surface area contributed by atoms with Crippen molar-refractivity contribution in [3.05, 3.63) is 0 Å². The quantitative estimate of drug-likeness (QED) is 0.358. The number of rotatable bonds is 10. The molecule has 2 unspecified atom stereocenters. The van der Waals surface area contributed by atoms with Crippen LogP contribution in [0.1, 0.15) is 58.8 Å². The van der Waals surface area contributed by atoms with Crippen molar-refractivity contribution in [2.45, 2.75) is 58.8 Å². The van der Waals surface area contributed by atoms with Crippen molar-refractivity contribution in [3.63, 3.8) is 0 Å². The second-order valence-electron chi connectivity index (χ2n) is 3.62. The Kier molecular flexibility index (Phi) is 13.7. The van der Waals surface area contributed by atoms with Crippen molar-refractivity contribution >= 4 is 16.5 Å². The molecule has 0 saturated heterocycles. The largest absolute Gasteiger partial charge is 0.0992 e. The van der Waals surface area contributed by atoms with Crippen LogP contribution in [-0.2, 0) is 0 Å². The summed E-state index contributed by atoms with van der Waals surface area (Å²) in [5.74, 6) is 0. The van der Waals surface area contributed by atoms with E-state index in [-0.39, 0.29) is 0 Å². The van der Waals surface area contributed by atoms with Gasteiger partial charge in [-0.05, 0) is 25.2 Å². The molecule has 0 aliphatic heterocycles. The minimum Gasteiger partial charge on any atom is -0.0992 e. The van der Waals surface area contributed by atoms with E-state index in [9.17, 15) is 0 Å². The van der Waals surface area contributed by atoms with Gasteiger partial charge in [-0.2, -0.15) is 0 Å². The second kappa shape index (κ2) is 12.9. The van der Waals surface area contributed by atoms with Gasteiger partial charge in [-0.15, -0.1) is 0 Å². The SMILES string of the molecule is CCCCCCPPCCCCC. The van der Waals surface area contributed by atoms with Crippen LogP contribution in [0, 0.1) is 0 Å². The van der Waals surface area contributed by atoms with Crippen molar-refractivity contribution in [3.8, 4) is 0 Å². The second-order valence-corrected chi connectivity index (χ2v) is 7.45. The third-order valence-electron chi connectivity index (χ3n) is 2.19. The van der Waals surface area contributed by atoms with Crippen molar-refractivity contribution in [2.24, 2.45) is 0 Å². The number of unbranched alkanes of at least 4 members (excludes halogenated alkanes) is 5. The maximum atomic E-state index is 2.29. The molecule has 0 spiro atoms.